The van der Waals surface area contributed by atoms with Crippen molar-refractivity contribution in [2.75, 3.05) is 5.75 Å². The topological polar surface area (TPSA) is 66.4 Å². The number of aliphatic carboxylic acids is 1. The van der Waals surface area contributed by atoms with Crippen LogP contribution in [0.15, 0.2) is 30.3 Å². The van der Waals surface area contributed by atoms with E-state index in [1.807, 2.05) is 44.2 Å². The highest BCUT2D eigenvalue weighted by Gasteiger charge is 2.24. The Morgan fingerprint density at radius 2 is 1.95 bits per heavy atom. The summed E-state index contributed by atoms with van der Waals surface area (Å²) in [5.41, 5.74) is 1.15. The van der Waals surface area contributed by atoms with Crippen molar-refractivity contribution in [2.45, 2.75) is 32.1 Å². The molecule has 0 heterocycles. The highest BCUT2D eigenvalue weighted by Crippen LogP contribution is 2.12. The van der Waals surface area contributed by atoms with E-state index >= 15 is 0 Å². The summed E-state index contributed by atoms with van der Waals surface area (Å²) in [5, 5.41) is 11.7. The largest absolute Gasteiger partial charge is 0.480 e. The first-order chi connectivity index (χ1) is 9.54. The summed E-state index contributed by atoms with van der Waals surface area (Å²) >= 11 is 1.48. The van der Waals surface area contributed by atoms with Crippen LogP contribution in [0.25, 0.3) is 0 Å². The molecular weight excluding hydrogens is 274 g/mol. The lowest BCUT2D eigenvalue weighted by molar-refractivity contribution is -0.143. The molecule has 1 aromatic rings. The number of carboxylic acid groups (broad SMARTS) is 1. The molecule has 0 spiro atoms. The Balaban J connectivity index is 2.37. The van der Waals surface area contributed by atoms with Crippen LogP contribution in [-0.2, 0) is 15.3 Å². The van der Waals surface area contributed by atoms with Gasteiger partial charge in [-0.25, -0.2) is 4.79 Å². The van der Waals surface area contributed by atoms with Gasteiger partial charge in [0.05, 0.1) is 5.75 Å². The van der Waals surface area contributed by atoms with Crippen LogP contribution in [0.1, 0.15) is 25.8 Å². The van der Waals surface area contributed by atoms with Gasteiger partial charge in [-0.05, 0) is 11.5 Å². The smallest absolute Gasteiger partial charge is 0.326 e. The van der Waals surface area contributed by atoms with Crippen LogP contribution >= 0.6 is 11.8 Å². The predicted octanol–water partition coefficient (Wildman–Crippen LogP) is 2.54. The first-order valence-corrected chi connectivity index (χ1v) is 7.84. The van der Waals surface area contributed by atoms with Gasteiger partial charge in [-0.2, -0.15) is 0 Å². The first kappa shape index (κ1) is 16.6. The van der Waals surface area contributed by atoms with E-state index < -0.39 is 12.0 Å². The van der Waals surface area contributed by atoms with Crippen LogP contribution in [0.4, 0.5) is 0 Å². The third-order valence-corrected chi connectivity index (χ3v) is 4.14. The Bertz CT molecular complexity index is 436. The van der Waals surface area contributed by atoms with E-state index in [-0.39, 0.29) is 17.6 Å². The lowest BCUT2D eigenvalue weighted by Crippen LogP contribution is -2.45. The maximum absolute atomic E-state index is 11.8. The second-order valence-corrected chi connectivity index (χ2v) is 5.73. The average Bonchev–Trinajstić information content (AvgIpc) is 2.45. The molecule has 0 radical (unpaired) electrons. The summed E-state index contributed by atoms with van der Waals surface area (Å²) in [6.07, 6.45) is 0.717. The summed E-state index contributed by atoms with van der Waals surface area (Å²) in [4.78, 5) is 22.9. The standard InChI is InChI=1S/C15H21NO3S/c1-3-11(2)14(15(18)19)16-13(17)10-20-9-12-7-5-4-6-8-12/h4-8,11,14H,3,9-10H2,1-2H3,(H,16,17)(H,18,19). The predicted molar refractivity (Wildman–Crippen MR) is 81.6 cm³/mol. The highest BCUT2D eigenvalue weighted by atomic mass is 32.2. The molecule has 0 fully saturated rings. The van der Waals surface area contributed by atoms with Crippen LogP contribution < -0.4 is 5.32 Å². The fourth-order valence-electron chi connectivity index (χ4n) is 1.73. The molecule has 2 N–H and O–H groups in total. The van der Waals surface area contributed by atoms with Crippen molar-refractivity contribution in [1.29, 1.82) is 0 Å². The molecule has 1 amide bonds. The Morgan fingerprint density at radius 3 is 2.50 bits per heavy atom. The third-order valence-electron chi connectivity index (χ3n) is 3.14. The van der Waals surface area contributed by atoms with Gasteiger partial charge >= 0.3 is 5.97 Å². The number of hydrogen-bond acceptors (Lipinski definition) is 3. The number of benzene rings is 1. The van der Waals surface area contributed by atoms with Crippen molar-refractivity contribution >= 4 is 23.6 Å². The van der Waals surface area contributed by atoms with Gasteiger partial charge < -0.3 is 10.4 Å². The molecule has 1 rings (SSSR count). The molecule has 20 heavy (non-hydrogen) atoms. The number of carboxylic acids is 1. The van der Waals surface area contributed by atoms with E-state index in [0.29, 0.717) is 6.42 Å². The molecule has 0 aromatic heterocycles. The van der Waals surface area contributed by atoms with Gasteiger partial charge in [0.15, 0.2) is 0 Å². The molecule has 2 unspecified atom stereocenters. The molecule has 4 nitrogen and oxygen atoms in total. The maximum Gasteiger partial charge on any atom is 0.326 e. The minimum atomic E-state index is -0.972. The second-order valence-electron chi connectivity index (χ2n) is 4.75. The Morgan fingerprint density at radius 1 is 1.30 bits per heavy atom. The molecular formula is C15H21NO3S. The fraction of sp³-hybridized carbons (Fsp3) is 0.467. The van der Waals surface area contributed by atoms with Gasteiger partial charge in [-0.1, -0.05) is 50.6 Å². The molecule has 0 saturated carbocycles. The number of nitrogens with one attached hydrogen (secondary N) is 1. The van der Waals surface area contributed by atoms with Crippen molar-refractivity contribution in [3.63, 3.8) is 0 Å². The zero-order valence-electron chi connectivity index (χ0n) is 11.8. The summed E-state index contributed by atoms with van der Waals surface area (Å²) in [6, 6.07) is 9.07. The van der Waals surface area contributed by atoms with Crippen LogP contribution in [0.2, 0.25) is 0 Å². The molecule has 0 saturated heterocycles. The van der Waals surface area contributed by atoms with Crippen LogP contribution in [0.5, 0.6) is 0 Å². The third kappa shape index (κ3) is 5.65. The van der Waals surface area contributed by atoms with E-state index in [1.54, 1.807) is 0 Å². The number of amides is 1. The van der Waals surface area contributed by atoms with Crippen molar-refractivity contribution in [1.82, 2.24) is 5.32 Å². The van der Waals surface area contributed by atoms with Gasteiger partial charge in [-0.15, -0.1) is 11.8 Å². The van der Waals surface area contributed by atoms with E-state index in [0.717, 1.165) is 11.3 Å². The summed E-state index contributed by atoms with van der Waals surface area (Å²) in [6.45, 7) is 3.74. The van der Waals surface area contributed by atoms with Crippen molar-refractivity contribution in [2.24, 2.45) is 5.92 Å². The van der Waals surface area contributed by atoms with E-state index in [1.165, 1.54) is 11.8 Å². The molecule has 1 aromatic carbocycles. The lowest BCUT2D eigenvalue weighted by atomic mass is 9.99. The van der Waals surface area contributed by atoms with Gasteiger partial charge in [-0.3, -0.25) is 4.79 Å². The Hall–Kier alpha value is -1.49. The van der Waals surface area contributed by atoms with Crippen LogP contribution in [-0.4, -0.2) is 28.8 Å². The summed E-state index contributed by atoms with van der Waals surface area (Å²) in [7, 11) is 0. The maximum atomic E-state index is 11.8. The van der Waals surface area contributed by atoms with Crippen LogP contribution in [0.3, 0.4) is 0 Å². The van der Waals surface area contributed by atoms with Gasteiger partial charge in [0.2, 0.25) is 5.91 Å². The molecule has 0 aliphatic carbocycles. The van der Waals surface area contributed by atoms with Gasteiger partial charge in [0.25, 0.3) is 0 Å². The van der Waals surface area contributed by atoms with Crippen molar-refractivity contribution < 1.29 is 14.7 Å². The molecule has 2 atom stereocenters. The lowest BCUT2D eigenvalue weighted by Gasteiger charge is -2.19. The van der Waals surface area contributed by atoms with E-state index in [9.17, 15) is 9.59 Å². The molecule has 5 heteroatoms. The van der Waals surface area contributed by atoms with Gasteiger partial charge in [0.1, 0.15) is 6.04 Å². The first-order valence-electron chi connectivity index (χ1n) is 6.68. The fourth-order valence-corrected chi connectivity index (χ4v) is 2.53. The van der Waals surface area contributed by atoms with Crippen molar-refractivity contribution in [3.05, 3.63) is 35.9 Å². The number of carbonyl (C=O) groups is 2. The minimum Gasteiger partial charge on any atom is -0.480 e. The van der Waals surface area contributed by atoms with Crippen LogP contribution in [0, 0.1) is 5.92 Å². The zero-order chi connectivity index (χ0) is 15.0. The summed E-state index contributed by atoms with van der Waals surface area (Å²) < 4.78 is 0. The van der Waals surface area contributed by atoms with E-state index in [4.69, 9.17) is 5.11 Å². The highest BCUT2D eigenvalue weighted by molar-refractivity contribution is 7.99. The van der Waals surface area contributed by atoms with Gasteiger partial charge in [0, 0.05) is 5.75 Å². The molecule has 110 valence electrons. The number of carbonyl (C=O) groups excluding carboxylic acids is 1. The Labute approximate surface area is 124 Å². The Kier molecular flexibility index (Phi) is 7.15. The summed E-state index contributed by atoms with van der Waals surface area (Å²) in [5.74, 6) is -0.250. The molecule has 0 aliphatic rings. The molecule has 0 aliphatic heterocycles. The van der Waals surface area contributed by atoms with E-state index in [2.05, 4.69) is 5.32 Å². The normalized spacial score (nSPS) is 13.5. The quantitative estimate of drug-likeness (QED) is 0.773. The average molecular weight is 295 g/mol. The SMILES string of the molecule is CCC(C)C(NC(=O)CSCc1ccccc1)C(=O)O. The number of rotatable bonds is 8. The zero-order valence-corrected chi connectivity index (χ0v) is 12.7. The monoisotopic (exact) mass is 295 g/mol. The minimum absolute atomic E-state index is 0.0735. The molecule has 0 bridgehead atoms. The second kappa shape index (κ2) is 8.64. The van der Waals surface area contributed by atoms with Crippen molar-refractivity contribution in [3.8, 4) is 0 Å². The number of thioether (sulfide) groups is 1. The number of hydrogen-bond donors (Lipinski definition) is 2.